The number of hydrogen-bond acceptors (Lipinski definition) is 1. The average Bonchev–Trinajstić information content (AvgIpc) is 2.37. The van der Waals surface area contributed by atoms with Crippen LogP contribution in [0.15, 0.2) is 45.3 Å². The van der Waals surface area contributed by atoms with E-state index < -0.39 is 0 Å². The second kappa shape index (κ2) is 5.84. The Morgan fingerprint density at radius 2 is 1.84 bits per heavy atom. The van der Waals surface area contributed by atoms with Gasteiger partial charge in [-0.25, -0.2) is 4.39 Å². The minimum Gasteiger partial charge on any atom is -0.322 e. The van der Waals surface area contributed by atoms with Crippen LogP contribution in [0.5, 0.6) is 0 Å². The van der Waals surface area contributed by atoms with E-state index >= 15 is 0 Å². The molecule has 0 aliphatic carbocycles. The summed E-state index contributed by atoms with van der Waals surface area (Å²) in [4.78, 5) is 12.0. The SMILES string of the molecule is Cc1cc(C(=O)Nc2ccc(F)c(Br)c2)ccc1Br. The fourth-order valence-electron chi connectivity index (χ4n) is 1.56. The molecular weight excluding hydrogens is 377 g/mol. The van der Waals surface area contributed by atoms with Gasteiger partial charge in [0, 0.05) is 15.7 Å². The summed E-state index contributed by atoms with van der Waals surface area (Å²) in [7, 11) is 0. The van der Waals surface area contributed by atoms with E-state index in [2.05, 4.69) is 37.2 Å². The van der Waals surface area contributed by atoms with Crippen LogP contribution in [0.4, 0.5) is 10.1 Å². The highest BCUT2D eigenvalue weighted by atomic mass is 79.9. The molecule has 1 amide bonds. The molecule has 2 nitrogen and oxygen atoms in total. The average molecular weight is 387 g/mol. The van der Waals surface area contributed by atoms with Gasteiger partial charge in [0.15, 0.2) is 0 Å². The van der Waals surface area contributed by atoms with Gasteiger partial charge in [-0.05, 0) is 64.8 Å². The lowest BCUT2D eigenvalue weighted by Crippen LogP contribution is -2.12. The number of nitrogens with one attached hydrogen (secondary N) is 1. The number of carbonyl (C=O) groups is 1. The molecular formula is C14H10Br2FNO. The zero-order chi connectivity index (χ0) is 14.0. The first-order chi connectivity index (χ1) is 8.97. The number of rotatable bonds is 2. The van der Waals surface area contributed by atoms with Gasteiger partial charge in [-0.2, -0.15) is 0 Å². The van der Waals surface area contributed by atoms with Gasteiger partial charge < -0.3 is 5.32 Å². The highest BCUT2D eigenvalue weighted by molar-refractivity contribution is 9.10. The van der Waals surface area contributed by atoms with Crippen LogP contribution in [0.25, 0.3) is 0 Å². The maximum atomic E-state index is 13.1. The van der Waals surface area contributed by atoms with Crippen molar-refractivity contribution in [3.63, 3.8) is 0 Å². The summed E-state index contributed by atoms with van der Waals surface area (Å²) in [6.07, 6.45) is 0. The molecule has 0 unspecified atom stereocenters. The van der Waals surface area contributed by atoms with E-state index in [1.54, 1.807) is 12.1 Å². The Morgan fingerprint density at radius 1 is 1.11 bits per heavy atom. The molecule has 0 radical (unpaired) electrons. The monoisotopic (exact) mass is 385 g/mol. The quantitative estimate of drug-likeness (QED) is 0.780. The molecule has 0 aliphatic rings. The molecule has 2 rings (SSSR count). The standard InChI is InChI=1S/C14H10Br2FNO/c1-8-6-9(2-4-11(8)15)14(19)18-10-3-5-13(17)12(16)7-10/h2-7H,1H3,(H,18,19). The highest BCUT2D eigenvalue weighted by Crippen LogP contribution is 2.21. The maximum Gasteiger partial charge on any atom is 0.255 e. The Morgan fingerprint density at radius 3 is 2.47 bits per heavy atom. The number of amides is 1. The predicted molar refractivity (Wildman–Crippen MR) is 80.9 cm³/mol. The smallest absolute Gasteiger partial charge is 0.255 e. The van der Waals surface area contributed by atoms with Crippen molar-refractivity contribution < 1.29 is 9.18 Å². The number of halogens is 3. The van der Waals surface area contributed by atoms with E-state index in [0.717, 1.165) is 10.0 Å². The highest BCUT2D eigenvalue weighted by Gasteiger charge is 2.08. The van der Waals surface area contributed by atoms with Gasteiger partial charge >= 0.3 is 0 Å². The minimum absolute atomic E-state index is 0.228. The van der Waals surface area contributed by atoms with Crippen LogP contribution in [0, 0.1) is 12.7 Å². The minimum atomic E-state index is -0.363. The molecule has 2 aromatic carbocycles. The van der Waals surface area contributed by atoms with Crippen LogP contribution in [-0.4, -0.2) is 5.91 Å². The van der Waals surface area contributed by atoms with Crippen molar-refractivity contribution in [3.8, 4) is 0 Å². The molecule has 1 N–H and O–H groups in total. The van der Waals surface area contributed by atoms with Gasteiger partial charge in [-0.15, -0.1) is 0 Å². The first-order valence-corrected chi connectivity index (χ1v) is 7.08. The number of carbonyl (C=O) groups excluding carboxylic acids is 1. The second-order valence-electron chi connectivity index (χ2n) is 4.05. The maximum absolute atomic E-state index is 13.1. The molecule has 0 saturated heterocycles. The third kappa shape index (κ3) is 3.42. The van der Waals surface area contributed by atoms with E-state index in [9.17, 15) is 9.18 Å². The summed E-state index contributed by atoms with van der Waals surface area (Å²) in [6, 6.07) is 9.68. The molecule has 0 bridgehead atoms. The Bertz CT molecular complexity index is 643. The van der Waals surface area contributed by atoms with Crippen LogP contribution in [0.2, 0.25) is 0 Å². The van der Waals surface area contributed by atoms with Crippen LogP contribution in [-0.2, 0) is 0 Å². The van der Waals surface area contributed by atoms with Crippen molar-refractivity contribution in [3.05, 3.63) is 62.3 Å². The summed E-state index contributed by atoms with van der Waals surface area (Å²) in [5.41, 5.74) is 2.08. The third-order valence-corrected chi connectivity index (χ3v) is 4.10. The van der Waals surface area contributed by atoms with E-state index in [4.69, 9.17) is 0 Å². The van der Waals surface area contributed by atoms with Crippen molar-refractivity contribution in [1.29, 1.82) is 0 Å². The van der Waals surface area contributed by atoms with Crippen molar-refractivity contribution in [2.24, 2.45) is 0 Å². The first kappa shape index (κ1) is 14.2. The molecule has 0 atom stereocenters. The van der Waals surface area contributed by atoms with Crippen molar-refractivity contribution in [2.45, 2.75) is 6.92 Å². The number of anilines is 1. The fraction of sp³-hybridized carbons (Fsp3) is 0.0714. The fourth-order valence-corrected chi connectivity index (χ4v) is 2.19. The number of aryl methyl sites for hydroxylation is 1. The molecule has 0 aromatic heterocycles. The van der Waals surface area contributed by atoms with Crippen molar-refractivity contribution >= 4 is 43.5 Å². The largest absolute Gasteiger partial charge is 0.322 e. The molecule has 0 heterocycles. The van der Waals surface area contributed by atoms with Crippen molar-refractivity contribution in [2.75, 3.05) is 5.32 Å². The van der Waals surface area contributed by atoms with Crippen LogP contribution in [0.3, 0.4) is 0 Å². The number of benzene rings is 2. The Balaban J connectivity index is 2.20. The topological polar surface area (TPSA) is 29.1 Å². The Hall–Kier alpha value is -1.20. The van der Waals surface area contributed by atoms with Crippen LogP contribution in [0.1, 0.15) is 15.9 Å². The number of hydrogen-bond donors (Lipinski definition) is 1. The zero-order valence-corrected chi connectivity index (χ0v) is 13.2. The van der Waals surface area contributed by atoms with Gasteiger partial charge in [0.1, 0.15) is 5.82 Å². The lowest BCUT2D eigenvalue weighted by atomic mass is 10.1. The van der Waals surface area contributed by atoms with Crippen LogP contribution < -0.4 is 5.32 Å². The summed E-state index contributed by atoms with van der Waals surface area (Å²) in [6.45, 7) is 1.91. The van der Waals surface area contributed by atoms with E-state index in [0.29, 0.717) is 15.7 Å². The summed E-state index contributed by atoms with van der Waals surface area (Å²) in [5.74, 6) is -0.591. The van der Waals surface area contributed by atoms with E-state index in [1.165, 1.54) is 18.2 Å². The lowest BCUT2D eigenvalue weighted by molar-refractivity contribution is 0.102. The van der Waals surface area contributed by atoms with Gasteiger partial charge in [0.05, 0.1) is 4.47 Å². The first-order valence-electron chi connectivity index (χ1n) is 5.50. The van der Waals surface area contributed by atoms with Gasteiger partial charge in [0.25, 0.3) is 5.91 Å². The zero-order valence-electron chi connectivity index (χ0n) is 10.0. The van der Waals surface area contributed by atoms with E-state index in [1.807, 2.05) is 13.0 Å². The van der Waals surface area contributed by atoms with Gasteiger partial charge in [-0.3, -0.25) is 4.79 Å². The molecule has 0 saturated carbocycles. The normalized spacial score (nSPS) is 10.3. The second-order valence-corrected chi connectivity index (χ2v) is 5.76. The molecule has 0 aliphatic heterocycles. The van der Waals surface area contributed by atoms with Gasteiger partial charge in [-0.1, -0.05) is 15.9 Å². The summed E-state index contributed by atoms with van der Waals surface area (Å²) < 4.78 is 14.4. The molecule has 0 spiro atoms. The van der Waals surface area contributed by atoms with Crippen LogP contribution >= 0.6 is 31.9 Å². The summed E-state index contributed by atoms with van der Waals surface area (Å²) >= 11 is 6.46. The van der Waals surface area contributed by atoms with Gasteiger partial charge in [0.2, 0.25) is 0 Å². The molecule has 98 valence electrons. The Labute approximate surface area is 127 Å². The molecule has 5 heteroatoms. The molecule has 0 fully saturated rings. The molecule has 2 aromatic rings. The van der Waals surface area contributed by atoms with E-state index in [-0.39, 0.29) is 11.7 Å². The lowest BCUT2D eigenvalue weighted by Gasteiger charge is -2.07. The predicted octanol–water partition coefficient (Wildman–Crippen LogP) is 4.91. The Kier molecular flexibility index (Phi) is 4.37. The third-order valence-electron chi connectivity index (χ3n) is 2.60. The summed E-state index contributed by atoms with van der Waals surface area (Å²) in [5, 5.41) is 2.72. The molecule has 19 heavy (non-hydrogen) atoms. The van der Waals surface area contributed by atoms with Crippen molar-refractivity contribution in [1.82, 2.24) is 0 Å².